The lowest BCUT2D eigenvalue weighted by molar-refractivity contribution is 0.763. The van der Waals surface area contributed by atoms with Crippen molar-refractivity contribution in [2.75, 3.05) is 6.54 Å². The van der Waals surface area contributed by atoms with E-state index in [-0.39, 0.29) is 0 Å². The van der Waals surface area contributed by atoms with Crippen molar-refractivity contribution in [1.82, 2.24) is 4.57 Å². The minimum absolute atomic E-state index is 0.650. The highest BCUT2D eigenvalue weighted by Gasteiger charge is 2.40. The fourth-order valence-electron chi connectivity index (χ4n) is 2.62. The highest BCUT2D eigenvalue weighted by molar-refractivity contribution is 9.10. The van der Waals surface area contributed by atoms with Crippen LogP contribution in [0.15, 0.2) is 28.7 Å². The summed E-state index contributed by atoms with van der Waals surface area (Å²) in [6, 6.07) is 8.52. The van der Waals surface area contributed by atoms with E-state index in [1.165, 1.54) is 27.5 Å². The molecule has 2 aromatic rings. The van der Waals surface area contributed by atoms with Crippen molar-refractivity contribution >= 4 is 26.8 Å². The van der Waals surface area contributed by atoms with Gasteiger partial charge < -0.3 is 10.3 Å². The Balaban J connectivity index is 2.18. The summed E-state index contributed by atoms with van der Waals surface area (Å²) in [5, 5.41) is 1.31. The van der Waals surface area contributed by atoms with Gasteiger partial charge in [-0.3, -0.25) is 0 Å². The molecule has 0 spiro atoms. The van der Waals surface area contributed by atoms with E-state index in [1.807, 2.05) is 0 Å². The van der Waals surface area contributed by atoms with Gasteiger partial charge in [0.1, 0.15) is 0 Å². The van der Waals surface area contributed by atoms with Crippen LogP contribution in [-0.4, -0.2) is 11.1 Å². The van der Waals surface area contributed by atoms with Crippen molar-refractivity contribution < 1.29 is 0 Å². The van der Waals surface area contributed by atoms with Gasteiger partial charge in [0, 0.05) is 34.0 Å². The number of para-hydroxylation sites is 1. The number of aryl methyl sites for hydroxylation is 1. The van der Waals surface area contributed by atoms with Gasteiger partial charge in [0.15, 0.2) is 0 Å². The highest BCUT2D eigenvalue weighted by Crippen LogP contribution is 2.50. The summed E-state index contributed by atoms with van der Waals surface area (Å²) < 4.78 is 3.56. The SMILES string of the molecule is Cn1c([C@@H]2C[C@H]2CN)c(Br)c2ccccc21. The molecule has 0 radical (unpaired) electrons. The molecule has 0 amide bonds. The predicted molar refractivity (Wildman–Crippen MR) is 70.5 cm³/mol. The third-order valence-electron chi connectivity index (χ3n) is 3.66. The molecule has 0 bridgehead atoms. The zero-order valence-corrected chi connectivity index (χ0v) is 10.9. The van der Waals surface area contributed by atoms with Gasteiger partial charge in [0.2, 0.25) is 0 Å². The molecule has 2 atom stereocenters. The molecule has 1 aromatic heterocycles. The molecule has 1 aromatic carbocycles. The second-order valence-corrected chi connectivity index (χ2v) is 5.41. The second-order valence-electron chi connectivity index (χ2n) is 4.61. The fourth-order valence-corrected chi connectivity index (χ4v) is 3.52. The molecule has 1 heterocycles. The van der Waals surface area contributed by atoms with E-state index in [1.54, 1.807) is 0 Å². The smallest absolute Gasteiger partial charge is 0.0491 e. The standard InChI is InChI=1S/C13H15BrN2/c1-16-11-5-3-2-4-9(11)12(14)13(16)10-6-8(10)7-15/h2-5,8,10H,6-7,15H2,1H3/t8-,10+/m0/s1. The van der Waals surface area contributed by atoms with Crippen LogP contribution in [0.3, 0.4) is 0 Å². The molecule has 0 aliphatic heterocycles. The third-order valence-corrected chi connectivity index (χ3v) is 4.50. The van der Waals surface area contributed by atoms with Crippen molar-refractivity contribution in [3.63, 3.8) is 0 Å². The number of aromatic nitrogens is 1. The number of nitrogens with two attached hydrogens (primary N) is 1. The number of fused-ring (bicyclic) bond motifs is 1. The van der Waals surface area contributed by atoms with Gasteiger partial charge in [-0.1, -0.05) is 18.2 Å². The average molecular weight is 279 g/mol. The Kier molecular flexibility index (Phi) is 2.33. The molecule has 3 heteroatoms. The lowest BCUT2D eigenvalue weighted by Crippen LogP contribution is -2.04. The minimum atomic E-state index is 0.650. The van der Waals surface area contributed by atoms with E-state index in [4.69, 9.17) is 5.73 Å². The Morgan fingerprint density at radius 2 is 2.19 bits per heavy atom. The Morgan fingerprint density at radius 3 is 2.81 bits per heavy atom. The summed E-state index contributed by atoms with van der Waals surface area (Å²) >= 11 is 3.74. The summed E-state index contributed by atoms with van der Waals surface area (Å²) in [5.74, 6) is 1.33. The van der Waals surface area contributed by atoms with Crippen molar-refractivity contribution in [2.24, 2.45) is 18.7 Å². The number of hydrogen-bond acceptors (Lipinski definition) is 1. The van der Waals surface area contributed by atoms with Gasteiger partial charge in [0.25, 0.3) is 0 Å². The summed E-state index contributed by atoms with van der Waals surface area (Å²) in [4.78, 5) is 0. The average Bonchev–Trinajstić information content (AvgIpc) is 3.03. The normalized spacial score (nSPS) is 23.9. The van der Waals surface area contributed by atoms with Crippen LogP contribution in [0.2, 0.25) is 0 Å². The predicted octanol–water partition coefficient (Wildman–Crippen LogP) is 3.00. The molecule has 2 N–H and O–H groups in total. The number of hydrogen-bond donors (Lipinski definition) is 1. The van der Waals surface area contributed by atoms with Crippen LogP contribution < -0.4 is 5.73 Å². The number of benzene rings is 1. The molecular formula is C13H15BrN2. The minimum Gasteiger partial charge on any atom is -0.346 e. The van der Waals surface area contributed by atoms with Crippen LogP contribution >= 0.6 is 15.9 Å². The topological polar surface area (TPSA) is 30.9 Å². The lowest BCUT2D eigenvalue weighted by Gasteiger charge is -2.03. The van der Waals surface area contributed by atoms with Crippen molar-refractivity contribution in [2.45, 2.75) is 12.3 Å². The summed E-state index contributed by atoms with van der Waals surface area (Å²) in [6.45, 7) is 0.804. The Morgan fingerprint density at radius 1 is 1.44 bits per heavy atom. The monoisotopic (exact) mass is 278 g/mol. The zero-order valence-electron chi connectivity index (χ0n) is 9.28. The second kappa shape index (κ2) is 3.60. The van der Waals surface area contributed by atoms with Crippen molar-refractivity contribution in [3.05, 3.63) is 34.4 Å². The molecule has 1 aliphatic rings. The lowest BCUT2D eigenvalue weighted by atomic mass is 10.2. The molecule has 16 heavy (non-hydrogen) atoms. The van der Waals surface area contributed by atoms with E-state index in [0.717, 1.165) is 6.54 Å². The Hall–Kier alpha value is -0.800. The van der Waals surface area contributed by atoms with Crippen LogP contribution in [0.25, 0.3) is 10.9 Å². The fraction of sp³-hybridized carbons (Fsp3) is 0.385. The van der Waals surface area contributed by atoms with Crippen LogP contribution in [0.5, 0.6) is 0 Å². The highest BCUT2D eigenvalue weighted by atomic mass is 79.9. The van der Waals surface area contributed by atoms with E-state index in [0.29, 0.717) is 11.8 Å². The molecule has 2 nitrogen and oxygen atoms in total. The number of nitrogens with zero attached hydrogens (tertiary/aromatic N) is 1. The summed E-state index contributed by atoms with van der Waals surface area (Å²) in [6.07, 6.45) is 1.24. The van der Waals surface area contributed by atoms with E-state index in [2.05, 4.69) is 51.8 Å². The van der Waals surface area contributed by atoms with Gasteiger partial charge in [-0.15, -0.1) is 0 Å². The zero-order chi connectivity index (χ0) is 11.3. The molecule has 1 fully saturated rings. The molecule has 3 rings (SSSR count). The first kappa shape index (κ1) is 10.4. The van der Waals surface area contributed by atoms with E-state index < -0.39 is 0 Å². The molecule has 84 valence electrons. The maximum atomic E-state index is 5.73. The largest absolute Gasteiger partial charge is 0.346 e. The Labute approximate surface area is 104 Å². The number of halogens is 1. The Bertz CT molecular complexity index is 505. The third kappa shape index (κ3) is 1.35. The van der Waals surface area contributed by atoms with Crippen molar-refractivity contribution in [1.29, 1.82) is 0 Å². The van der Waals surface area contributed by atoms with Gasteiger partial charge in [0.05, 0.1) is 0 Å². The first-order valence-electron chi connectivity index (χ1n) is 5.67. The van der Waals surface area contributed by atoms with Gasteiger partial charge in [-0.25, -0.2) is 0 Å². The van der Waals surface area contributed by atoms with Crippen LogP contribution in [0.4, 0.5) is 0 Å². The molecular weight excluding hydrogens is 264 g/mol. The molecule has 0 unspecified atom stereocenters. The van der Waals surface area contributed by atoms with Crippen molar-refractivity contribution in [3.8, 4) is 0 Å². The van der Waals surface area contributed by atoms with Gasteiger partial charge in [-0.2, -0.15) is 0 Å². The van der Waals surface area contributed by atoms with Crippen LogP contribution in [-0.2, 0) is 7.05 Å². The first-order valence-corrected chi connectivity index (χ1v) is 6.46. The van der Waals surface area contributed by atoms with Gasteiger partial charge >= 0.3 is 0 Å². The summed E-state index contributed by atoms with van der Waals surface area (Å²) in [5.41, 5.74) is 8.44. The first-order chi connectivity index (χ1) is 7.74. The maximum absolute atomic E-state index is 5.73. The molecule has 0 saturated heterocycles. The van der Waals surface area contributed by atoms with Gasteiger partial charge in [-0.05, 0) is 40.9 Å². The van der Waals surface area contributed by atoms with Crippen LogP contribution in [0, 0.1) is 5.92 Å². The van der Waals surface area contributed by atoms with E-state index in [9.17, 15) is 0 Å². The number of rotatable bonds is 2. The maximum Gasteiger partial charge on any atom is 0.0491 e. The molecule has 1 aliphatic carbocycles. The quantitative estimate of drug-likeness (QED) is 0.900. The van der Waals surface area contributed by atoms with E-state index >= 15 is 0 Å². The summed E-state index contributed by atoms with van der Waals surface area (Å²) in [7, 11) is 2.15. The van der Waals surface area contributed by atoms with Crippen LogP contribution in [0.1, 0.15) is 18.0 Å². The molecule has 1 saturated carbocycles.